The van der Waals surface area contributed by atoms with E-state index in [1.807, 2.05) is 0 Å². The Bertz CT molecular complexity index is 461. The molecule has 22 heavy (non-hydrogen) atoms. The van der Waals surface area contributed by atoms with Crippen LogP contribution < -0.4 is 0 Å². The molecule has 0 N–H and O–H groups in total. The van der Waals surface area contributed by atoms with Gasteiger partial charge in [-0.1, -0.05) is 38.2 Å². The zero-order valence-electron chi connectivity index (χ0n) is 13.2. The Balaban J connectivity index is 0.000000131. The molecule has 4 heteroatoms. The monoisotopic (exact) mass is 304 g/mol. The maximum atomic E-state index is 11.1. The first-order chi connectivity index (χ1) is 10.5. The van der Waals surface area contributed by atoms with E-state index in [4.69, 9.17) is 9.47 Å². The average Bonchev–Trinajstić information content (AvgIpc) is 3.04. The van der Waals surface area contributed by atoms with Gasteiger partial charge in [-0.25, -0.2) is 0 Å². The highest BCUT2D eigenvalue weighted by atomic mass is 16.5. The minimum atomic E-state index is 0.00574. The number of fused-ring (bicyclic) bond motifs is 2. The summed E-state index contributed by atoms with van der Waals surface area (Å²) in [4.78, 5) is 22.2. The summed E-state index contributed by atoms with van der Waals surface area (Å²) in [7, 11) is 0. The van der Waals surface area contributed by atoms with Crippen LogP contribution in [0.3, 0.4) is 0 Å². The van der Waals surface area contributed by atoms with Gasteiger partial charge in [0.05, 0.1) is 25.0 Å². The molecule has 2 fully saturated rings. The van der Waals surface area contributed by atoms with E-state index in [1.54, 1.807) is 0 Å². The van der Waals surface area contributed by atoms with Gasteiger partial charge in [0.1, 0.15) is 0 Å². The van der Waals surface area contributed by atoms with E-state index in [9.17, 15) is 9.59 Å². The van der Waals surface area contributed by atoms with Crippen molar-refractivity contribution in [2.24, 2.45) is 35.5 Å². The van der Waals surface area contributed by atoms with Crippen molar-refractivity contribution in [3.05, 3.63) is 24.3 Å². The van der Waals surface area contributed by atoms with Gasteiger partial charge in [-0.3, -0.25) is 9.59 Å². The van der Waals surface area contributed by atoms with Gasteiger partial charge < -0.3 is 9.47 Å². The minimum absolute atomic E-state index is 0.00574. The molecule has 4 aliphatic rings. The van der Waals surface area contributed by atoms with Crippen molar-refractivity contribution in [2.45, 2.75) is 26.7 Å². The molecule has 0 aromatic carbocycles. The second-order valence-corrected chi connectivity index (χ2v) is 7.00. The lowest BCUT2D eigenvalue weighted by Crippen LogP contribution is -2.20. The fraction of sp³-hybridized carbons (Fsp3) is 0.667. The van der Waals surface area contributed by atoms with Crippen molar-refractivity contribution in [1.82, 2.24) is 0 Å². The van der Waals surface area contributed by atoms with Gasteiger partial charge >= 0.3 is 11.9 Å². The van der Waals surface area contributed by atoms with Gasteiger partial charge in [0.2, 0.25) is 0 Å². The number of rotatable bonds is 0. The van der Waals surface area contributed by atoms with Crippen molar-refractivity contribution in [3.8, 4) is 0 Å². The summed E-state index contributed by atoms with van der Waals surface area (Å²) in [5, 5.41) is 0. The van der Waals surface area contributed by atoms with Gasteiger partial charge in [0.25, 0.3) is 0 Å². The third-order valence-electron chi connectivity index (χ3n) is 5.10. The molecule has 0 radical (unpaired) electrons. The van der Waals surface area contributed by atoms with Gasteiger partial charge in [0, 0.05) is 11.8 Å². The summed E-state index contributed by atoms with van der Waals surface area (Å²) in [5.41, 5.74) is 0. The molecule has 2 aliphatic carbocycles. The van der Waals surface area contributed by atoms with Crippen LogP contribution in [0.1, 0.15) is 26.7 Å². The quantitative estimate of drug-likeness (QED) is 0.510. The summed E-state index contributed by atoms with van der Waals surface area (Å²) in [6.07, 6.45) is 10.6. The third-order valence-corrected chi connectivity index (χ3v) is 5.10. The lowest BCUT2D eigenvalue weighted by Gasteiger charge is -2.19. The number of allylic oxidation sites excluding steroid dienone is 2. The van der Waals surface area contributed by atoms with E-state index in [1.165, 1.54) is 0 Å². The van der Waals surface area contributed by atoms with Crippen molar-refractivity contribution in [2.75, 3.05) is 13.2 Å². The van der Waals surface area contributed by atoms with Crippen LogP contribution in [-0.2, 0) is 19.1 Å². The Morgan fingerprint density at radius 1 is 0.773 bits per heavy atom. The fourth-order valence-corrected chi connectivity index (χ4v) is 3.70. The lowest BCUT2D eigenvalue weighted by molar-refractivity contribution is -0.142. The third kappa shape index (κ3) is 3.11. The number of hydrogen-bond donors (Lipinski definition) is 0. The topological polar surface area (TPSA) is 52.6 Å². The normalized spacial score (nSPS) is 41.9. The Kier molecular flexibility index (Phi) is 4.37. The van der Waals surface area contributed by atoms with Crippen LogP contribution in [0.25, 0.3) is 0 Å². The highest BCUT2D eigenvalue weighted by molar-refractivity contribution is 5.75. The molecule has 0 aromatic rings. The predicted octanol–water partition coefficient (Wildman–Crippen LogP) is 2.74. The standard InChI is InChI=1S/2C9H12O2/c2*1-6-2-3-7-5-11-9(10)8(7)4-6/h2*2-3,6-8H,4-5H2,1H3/t2*6-,7-,8+/m10/s1. The molecular weight excluding hydrogens is 280 g/mol. The van der Waals surface area contributed by atoms with Crippen LogP contribution in [0, 0.1) is 35.5 Å². The number of esters is 2. The lowest BCUT2D eigenvalue weighted by atomic mass is 9.82. The summed E-state index contributed by atoms with van der Waals surface area (Å²) in [6, 6.07) is 0. The summed E-state index contributed by atoms with van der Waals surface area (Å²) >= 11 is 0. The van der Waals surface area contributed by atoms with Gasteiger partial charge in [-0.2, -0.15) is 0 Å². The molecule has 120 valence electrons. The Hall–Kier alpha value is -1.58. The van der Waals surface area contributed by atoms with Crippen LogP contribution in [0.4, 0.5) is 0 Å². The first-order valence-electron chi connectivity index (χ1n) is 8.24. The molecular formula is C18H24O4. The second kappa shape index (κ2) is 6.27. The number of hydrogen-bond acceptors (Lipinski definition) is 4. The molecule has 4 rings (SSSR count). The van der Waals surface area contributed by atoms with E-state index in [0.29, 0.717) is 36.9 Å². The largest absolute Gasteiger partial charge is 0.465 e. The SMILES string of the molecule is C[C@@H]1C=C[C@@H]2COC(=O)[C@H]2C1.C[C@H]1C=C[C@H]2COC(=O)[C@@H]2C1. The van der Waals surface area contributed by atoms with Crippen molar-refractivity contribution in [3.63, 3.8) is 0 Å². The van der Waals surface area contributed by atoms with Crippen LogP contribution in [0.15, 0.2) is 24.3 Å². The smallest absolute Gasteiger partial charge is 0.309 e. The van der Waals surface area contributed by atoms with Crippen LogP contribution in [-0.4, -0.2) is 25.2 Å². The number of carbonyl (C=O) groups is 2. The number of cyclic esters (lactones) is 2. The van der Waals surface area contributed by atoms with Crippen LogP contribution in [0.2, 0.25) is 0 Å². The van der Waals surface area contributed by atoms with Gasteiger partial charge in [-0.05, 0) is 24.7 Å². The summed E-state index contributed by atoms with van der Waals surface area (Å²) in [5.74, 6) is 2.17. The Morgan fingerprint density at radius 2 is 1.18 bits per heavy atom. The molecule has 0 aromatic heterocycles. The summed E-state index contributed by atoms with van der Waals surface area (Å²) in [6.45, 7) is 5.48. The zero-order valence-corrected chi connectivity index (χ0v) is 13.2. The number of carbonyl (C=O) groups excluding carboxylic acids is 2. The second-order valence-electron chi connectivity index (χ2n) is 7.00. The molecule has 2 aliphatic heterocycles. The highest BCUT2D eigenvalue weighted by Gasteiger charge is 2.38. The van der Waals surface area contributed by atoms with E-state index >= 15 is 0 Å². The van der Waals surface area contributed by atoms with Crippen molar-refractivity contribution >= 4 is 11.9 Å². The highest BCUT2D eigenvalue weighted by Crippen LogP contribution is 2.34. The first-order valence-corrected chi connectivity index (χ1v) is 8.24. The van der Waals surface area contributed by atoms with Crippen molar-refractivity contribution in [1.29, 1.82) is 0 Å². The Labute approximate surface area is 131 Å². The van der Waals surface area contributed by atoms with Crippen LogP contribution in [0.5, 0.6) is 0 Å². The van der Waals surface area contributed by atoms with E-state index in [-0.39, 0.29) is 23.8 Å². The van der Waals surface area contributed by atoms with E-state index < -0.39 is 0 Å². The molecule has 0 amide bonds. The van der Waals surface area contributed by atoms with E-state index in [2.05, 4.69) is 38.2 Å². The zero-order chi connectivity index (χ0) is 15.7. The Morgan fingerprint density at radius 3 is 1.59 bits per heavy atom. The minimum Gasteiger partial charge on any atom is -0.465 e. The fourth-order valence-electron chi connectivity index (χ4n) is 3.70. The van der Waals surface area contributed by atoms with Gasteiger partial charge in [-0.15, -0.1) is 0 Å². The van der Waals surface area contributed by atoms with E-state index in [0.717, 1.165) is 12.8 Å². The maximum absolute atomic E-state index is 11.1. The molecule has 0 spiro atoms. The first kappa shape index (κ1) is 15.3. The number of ether oxygens (including phenoxy) is 2. The molecule has 0 saturated carbocycles. The average molecular weight is 304 g/mol. The molecule has 2 saturated heterocycles. The molecule has 0 unspecified atom stereocenters. The van der Waals surface area contributed by atoms with Crippen LogP contribution >= 0.6 is 0 Å². The summed E-state index contributed by atoms with van der Waals surface area (Å²) < 4.78 is 9.92. The predicted molar refractivity (Wildman–Crippen MR) is 81.7 cm³/mol. The maximum Gasteiger partial charge on any atom is 0.309 e. The molecule has 0 bridgehead atoms. The molecule has 4 nitrogen and oxygen atoms in total. The van der Waals surface area contributed by atoms with Crippen molar-refractivity contribution < 1.29 is 19.1 Å². The molecule has 2 heterocycles. The van der Waals surface area contributed by atoms with Gasteiger partial charge in [0.15, 0.2) is 0 Å². The molecule has 6 atom stereocenters.